The summed E-state index contributed by atoms with van der Waals surface area (Å²) in [5, 5.41) is 7.57. The van der Waals surface area contributed by atoms with Gasteiger partial charge in [0.1, 0.15) is 5.75 Å². The van der Waals surface area contributed by atoms with Crippen LogP contribution in [0, 0.1) is 0 Å². The Morgan fingerprint density at radius 3 is 2.26 bits per heavy atom. The minimum Gasteiger partial charge on any atom is -0.668 e. The van der Waals surface area contributed by atoms with Gasteiger partial charge in [-0.2, -0.15) is 13.2 Å². The van der Waals surface area contributed by atoms with E-state index in [9.17, 15) is 13.2 Å². The first-order valence-corrected chi connectivity index (χ1v) is 13.0. The molecule has 1 aliphatic carbocycles. The van der Waals surface area contributed by atoms with Gasteiger partial charge in [0.15, 0.2) is 5.79 Å². The second kappa shape index (κ2) is 14.6. The Balaban J connectivity index is 0.00000121. The molecule has 209 valence electrons. The van der Waals surface area contributed by atoms with Crippen LogP contribution in [0.5, 0.6) is 5.75 Å². The molecule has 0 amide bonds. The van der Waals surface area contributed by atoms with Crippen molar-refractivity contribution in [1.29, 1.82) is 0 Å². The van der Waals surface area contributed by atoms with Crippen molar-refractivity contribution in [2.45, 2.75) is 82.7 Å². The van der Waals surface area contributed by atoms with Gasteiger partial charge in [0.05, 0.1) is 12.2 Å². The SMILES string of the molecule is CC1(C)OCC([NH-])(CCc2ccc(OCCCc3cccc(C4CC4)c3)c(C(F)(F)F)c2)CO1.CCO.[Y]. The second-order valence-corrected chi connectivity index (χ2v) is 10.4. The minimum absolute atomic E-state index is 0. The molecular weight excluding hydrogens is 572 g/mol. The van der Waals surface area contributed by atoms with Crippen LogP contribution in [-0.4, -0.2) is 42.9 Å². The number of rotatable bonds is 9. The van der Waals surface area contributed by atoms with E-state index < -0.39 is 23.1 Å². The van der Waals surface area contributed by atoms with Gasteiger partial charge in [-0.05, 0) is 87.6 Å². The van der Waals surface area contributed by atoms with Gasteiger partial charge in [-0.25, -0.2) is 0 Å². The van der Waals surface area contributed by atoms with E-state index in [1.54, 1.807) is 26.8 Å². The van der Waals surface area contributed by atoms with E-state index in [-0.39, 0.29) is 64.9 Å². The van der Waals surface area contributed by atoms with E-state index in [4.69, 9.17) is 25.1 Å². The number of benzene rings is 2. The first kappa shape index (κ1) is 33.2. The molecule has 9 heteroatoms. The molecule has 0 bridgehead atoms. The molecule has 2 aromatic rings. The van der Waals surface area contributed by atoms with Crippen LogP contribution in [0.15, 0.2) is 42.5 Å². The molecule has 1 saturated heterocycles. The van der Waals surface area contributed by atoms with Crippen molar-refractivity contribution in [3.8, 4) is 5.75 Å². The van der Waals surface area contributed by atoms with Gasteiger partial charge in [0, 0.05) is 52.5 Å². The summed E-state index contributed by atoms with van der Waals surface area (Å²) < 4.78 is 57.9. The van der Waals surface area contributed by atoms with Crippen LogP contribution in [0.1, 0.15) is 74.6 Å². The Hall–Kier alpha value is -1.03. The number of halogens is 3. The standard InChI is InChI=1S/C27H33F3NO3.C2H6O.Y/c1-25(2)33-17-26(31,18-34-25)13-12-20-8-11-24(23(16-20)27(28,29)30)32-14-4-6-19-5-3-7-22(15-19)21-9-10-21;1-2-3;/h3,5,7-8,11,15-16,21,31H,4,6,9-10,12-14,17-18H2,1-2H3;3H,2H2,1H3;/q-1;;. The number of ether oxygens (including phenoxy) is 3. The minimum atomic E-state index is -4.51. The van der Waals surface area contributed by atoms with E-state index in [2.05, 4.69) is 24.3 Å². The molecule has 0 unspecified atom stereocenters. The average Bonchev–Trinajstić information content (AvgIpc) is 3.69. The fourth-order valence-electron chi connectivity index (χ4n) is 4.19. The number of aliphatic hydroxyl groups is 1. The zero-order valence-corrected chi connectivity index (χ0v) is 25.4. The smallest absolute Gasteiger partial charge is 0.419 e. The predicted molar refractivity (Wildman–Crippen MR) is 138 cm³/mol. The second-order valence-electron chi connectivity index (χ2n) is 10.4. The van der Waals surface area contributed by atoms with Crippen LogP contribution < -0.4 is 4.74 Å². The molecule has 2 N–H and O–H groups in total. The summed E-state index contributed by atoms with van der Waals surface area (Å²) in [4.78, 5) is 0. The number of aliphatic hydroxyl groups excluding tert-OH is 1. The van der Waals surface area contributed by atoms with Crippen molar-refractivity contribution in [3.05, 3.63) is 70.5 Å². The van der Waals surface area contributed by atoms with Gasteiger partial charge >= 0.3 is 6.18 Å². The maximum Gasteiger partial charge on any atom is 0.419 e. The molecular formula is C29H39F3NO4Y-. The summed E-state index contributed by atoms with van der Waals surface area (Å²) >= 11 is 0. The van der Waals surface area contributed by atoms with Gasteiger partial charge in [0.2, 0.25) is 0 Å². The predicted octanol–water partition coefficient (Wildman–Crippen LogP) is 7.10. The summed E-state index contributed by atoms with van der Waals surface area (Å²) in [5.74, 6) is -0.193. The van der Waals surface area contributed by atoms with Crippen LogP contribution in [-0.2, 0) is 61.2 Å². The number of nitrogens with one attached hydrogen (secondary N) is 1. The molecule has 1 heterocycles. The van der Waals surface area contributed by atoms with E-state index in [1.807, 2.05) is 0 Å². The fraction of sp³-hybridized carbons (Fsp3) is 0.586. The van der Waals surface area contributed by atoms with Crippen LogP contribution >= 0.6 is 0 Å². The summed E-state index contributed by atoms with van der Waals surface area (Å²) in [6.07, 6.45) is 0.0650. The van der Waals surface area contributed by atoms with Crippen molar-refractivity contribution in [2.75, 3.05) is 26.4 Å². The Labute approximate surface area is 249 Å². The quantitative estimate of drug-likeness (QED) is 0.307. The molecule has 0 aromatic heterocycles. The fourth-order valence-corrected chi connectivity index (χ4v) is 4.19. The van der Waals surface area contributed by atoms with Crippen molar-refractivity contribution in [3.63, 3.8) is 0 Å². The third-order valence-electron chi connectivity index (χ3n) is 6.50. The molecule has 1 radical (unpaired) electrons. The average molecular weight is 612 g/mol. The number of hydrogen-bond acceptors (Lipinski definition) is 4. The zero-order chi connectivity index (χ0) is 27.1. The molecule has 1 saturated carbocycles. The maximum atomic E-state index is 13.7. The maximum absolute atomic E-state index is 13.7. The third kappa shape index (κ3) is 10.5. The van der Waals surface area contributed by atoms with Gasteiger partial charge in [-0.3, -0.25) is 0 Å². The molecule has 4 rings (SSSR count). The summed E-state index contributed by atoms with van der Waals surface area (Å²) in [7, 11) is 0. The largest absolute Gasteiger partial charge is 0.668 e. The number of alkyl halides is 3. The van der Waals surface area contributed by atoms with E-state index in [0.29, 0.717) is 30.7 Å². The third-order valence-corrected chi connectivity index (χ3v) is 6.50. The Kier molecular flexibility index (Phi) is 12.7. The van der Waals surface area contributed by atoms with Gasteiger partial charge in [-0.1, -0.05) is 42.3 Å². The van der Waals surface area contributed by atoms with Crippen molar-refractivity contribution >= 4 is 0 Å². The molecule has 2 fully saturated rings. The van der Waals surface area contributed by atoms with Crippen molar-refractivity contribution in [2.24, 2.45) is 0 Å². The molecule has 5 nitrogen and oxygen atoms in total. The molecule has 38 heavy (non-hydrogen) atoms. The summed E-state index contributed by atoms with van der Waals surface area (Å²) in [6, 6.07) is 12.7. The topological polar surface area (TPSA) is 71.7 Å². The molecule has 2 aromatic carbocycles. The van der Waals surface area contributed by atoms with Crippen molar-refractivity contribution < 1.29 is 65.2 Å². The Morgan fingerprint density at radius 1 is 1.03 bits per heavy atom. The molecule has 0 atom stereocenters. The summed E-state index contributed by atoms with van der Waals surface area (Å²) in [5.41, 5.74) is 9.83. The van der Waals surface area contributed by atoms with Crippen molar-refractivity contribution in [1.82, 2.24) is 0 Å². The normalized spacial score (nSPS) is 18.1. The molecule has 0 spiro atoms. The molecule has 2 aliphatic rings. The van der Waals surface area contributed by atoms with Gasteiger partial charge in [-0.15, -0.1) is 0 Å². The van der Waals surface area contributed by atoms with E-state index in [0.717, 1.165) is 12.5 Å². The van der Waals surface area contributed by atoms with Crippen LogP contribution in [0.25, 0.3) is 5.73 Å². The number of aryl methyl sites for hydroxylation is 2. The van der Waals surface area contributed by atoms with Crippen LogP contribution in [0.4, 0.5) is 13.2 Å². The Morgan fingerprint density at radius 2 is 1.66 bits per heavy atom. The van der Waals surface area contributed by atoms with Gasteiger partial charge < -0.3 is 25.1 Å². The number of hydrogen-bond donors (Lipinski definition) is 1. The van der Waals surface area contributed by atoms with E-state index in [1.165, 1.54) is 30.0 Å². The first-order chi connectivity index (χ1) is 17.4. The van der Waals surface area contributed by atoms with E-state index >= 15 is 0 Å². The van der Waals surface area contributed by atoms with Crippen LogP contribution in [0.2, 0.25) is 0 Å². The monoisotopic (exact) mass is 611 g/mol. The summed E-state index contributed by atoms with van der Waals surface area (Å²) in [6.45, 7) is 6.10. The van der Waals surface area contributed by atoms with Gasteiger partial charge in [0.25, 0.3) is 0 Å². The van der Waals surface area contributed by atoms with Crippen LogP contribution in [0.3, 0.4) is 0 Å². The zero-order valence-electron chi connectivity index (χ0n) is 22.6. The first-order valence-electron chi connectivity index (χ1n) is 13.0. The molecule has 1 aliphatic heterocycles. The Bertz CT molecular complexity index is 1000.